The zero-order valence-electron chi connectivity index (χ0n) is 41.7. The van der Waals surface area contributed by atoms with Crippen LogP contribution in [0.4, 0.5) is 5.69 Å². The molecule has 2 heteroatoms. The Morgan fingerprint density at radius 2 is 0.427 bits per heavy atom. The molecule has 75 heavy (non-hydrogen) atoms. The van der Waals surface area contributed by atoms with Gasteiger partial charge in [-0.3, -0.25) is 0 Å². The van der Waals surface area contributed by atoms with Crippen LogP contribution in [0.1, 0.15) is 11.1 Å². The SMILES string of the molecule is Brc1ccccc1-c1ccccc1-c1ccccc1.Nc1ccccc1-c1ccccc1-c1ccccc1.c1ccc(-c2ccccc2-c2ccccc2Cc2ccccc2-c2ccccc2-c2ccccc2)cc1. The van der Waals surface area contributed by atoms with Gasteiger partial charge in [0, 0.05) is 15.7 Å². The monoisotopic (exact) mass is 1030 g/mol. The minimum absolute atomic E-state index is 0.811. The first-order valence-electron chi connectivity index (χ1n) is 25.4. The van der Waals surface area contributed by atoms with Crippen molar-refractivity contribution in [1.82, 2.24) is 0 Å². The molecule has 0 atom stereocenters. The molecule has 0 amide bonds. The van der Waals surface area contributed by atoms with Crippen molar-refractivity contribution in [2.24, 2.45) is 0 Å². The Morgan fingerprint density at radius 1 is 0.200 bits per heavy atom. The lowest BCUT2D eigenvalue weighted by Crippen LogP contribution is -1.97. The van der Waals surface area contributed by atoms with Gasteiger partial charge in [-0.2, -0.15) is 0 Å². The molecule has 360 valence electrons. The largest absolute Gasteiger partial charge is 0.398 e. The highest BCUT2D eigenvalue weighted by molar-refractivity contribution is 9.10. The lowest BCUT2D eigenvalue weighted by molar-refractivity contribution is 1.20. The number of rotatable bonds is 10. The molecule has 12 aromatic carbocycles. The Bertz CT molecular complexity index is 3510. The number of nitrogens with two attached hydrogens (primary N) is 1. The number of halogens is 1. The molecule has 0 aliphatic rings. The fourth-order valence-electron chi connectivity index (χ4n) is 9.85. The Kier molecular flexibility index (Phi) is 16.2. The molecule has 0 aliphatic carbocycles. The van der Waals surface area contributed by atoms with E-state index in [9.17, 15) is 0 Å². The summed E-state index contributed by atoms with van der Waals surface area (Å²) >= 11 is 3.64. The van der Waals surface area contributed by atoms with Gasteiger partial charge >= 0.3 is 0 Å². The highest BCUT2D eigenvalue weighted by Gasteiger charge is 2.16. The van der Waals surface area contributed by atoms with Crippen LogP contribution in [0.3, 0.4) is 0 Å². The van der Waals surface area contributed by atoms with Crippen molar-refractivity contribution in [2.75, 3.05) is 5.73 Å². The van der Waals surface area contributed by atoms with Crippen molar-refractivity contribution in [1.29, 1.82) is 0 Å². The second kappa shape index (κ2) is 24.6. The summed E-state index contributed by atoms with van der Waals surface area (Å²) in [5, 5.41) is 0. The van der Waals surface area contributed by atoms with E-state index in [1.54, 1.807) is 0 Å². The Labute approximate surface area is 451 Å². The third-order valence-corrected chi connectivity index (χ3v) is 14.1. The smallest absolute Gasteiger partial charge is 0.0393 e. The van der Waals surface area contributed by atoms with E-state index in [0.29, 0.717) is 0 Å². The van der Waals surface area contributed by atoms with Crippen molar-refractivity contribution >= 4 is 21.6 Å². The van der Waals surface area contributed by atoms with Crippen molar-refractivity contribution < 1.29 is 0 Å². The molecule has 0 saturated heterocycles. The first-order chi connectivity index (χ1) is 37.1. The average Bonchev–Trinajstić information content (AvgIpc) is 3.49. The van der Waals surface area contributed by atoms with Crippen molar-refractivity contribution in [3.8, 4) is 89.0 Å². The molecule has 1 nitrogen and oxygen atoms in total. The molecule has 0 unspecified atom stereocenters. The zero-order chi connectivity index (χ0) is 51.0. The van der Waals surface area contributed by atoms with Gasteiger partial charge < -0.3 is 5.73 Å². The maximum absolute atomic E-state index is 6.10. The Balaban J connectivity index is 0.000000142. The second-order valence-corrected chi connectivity index (χ2v) is 19.1. The summed E-state index contributed by atoms with van der Waals surface area (Å²) in [6.07, 6.45) is 0.860. The van der Waals surface area contributed by atoms with Gasteiger partial charge in [-0.15, -0.1) is 0 Å². The molecule has 12 aromatic rings. The summed E-state index contributed by atoms with van der Waals surface area (Å²) < 4.78 is 1.12. The number of hydrogen-bond donors (Lipinski definition) is 1. The Hall–Kier alpha value is -9.08. The van der Waals surface area contributed by atoms with Crippen molar-refractivity contribution in [3.05, 3.63) is 331 Å². The van der Waals surface area contributed by atoms with E-state index in [1.165, 1.54) is 94.6 Å². The van der Waals surface area contributed by atoms with E-state index in [0.717, 1.165) is 22.1 Å². The zero-order valence-corrected chi connectivity index (χ0v) is 43.3. The molecule has 0 aromatic heterocycles. The van der Waals surface area contributed by atoms with Gasteiger partial charge in [0.2, 0.25) is 0 Å². The van der Waals surface area contributed by atoms with E-state index >= 15 is 0 Å². The summed E-state index contributed by atoms with van der Waals surface area (Å²) in [6, 6.07) is 111. The predicted octanol–water partition coefficient (Wildman–Crippen LogP) is 20.3. The molecule has 0 fully saturated rings. The predicted molar refractivity (Wildman–Crippen MR) is 324 cm³/mol. The quantitative estimate of drug-likeness (QED) is 0.136. The standard InChI is InChI=1S/C37H28.C18H13Br.C18H15N/c1-3-15-28(16-4-1)32-21-11-13-25-36(32)34-23-9-7-19-30(34)27-31-20-8-10-24-35(31)37-26-14-12-22-33(37)29-17-5-2-6-18-29;2*19-18-13-7-6-12-17(18)16-11-5-4-10-15(16)14-8-2-1-3-9-14/h1-26H,27H2;1-13H;1-13H,19H2. The topological polar surface area (TPSA) is 26.0 Å². The molecule has 0 bridgehead atoms. The second-order valence-electron chi connectivity index (χ2n) is 18.2. The maximum atomic E-state index is 6.10. The highest BCUT2D eigenvalue weighted by atomic mass is 79.9. The molecule has 0 saturated carbocycles. The van der Waals surface area contributed by atoms with Gasteiger partial charge in [-0.25, -0.2) is 0 Å². The van der Waals surface area contributed by atoms with Crippen LogP contribution in [-0.2, 0) is 6.42 Å². The number of benzene rings is 12. The van der Waals surface area contributed by atoms with Gasteiger partial charge in [-0.05, 0) is 113 Å². The maximum Gasteiger partial charge on any atom is 0.0393 e. The minimum atomic E-state index is 0.811. The molecule has 2 N–H and O–H groups in total. The van der Waals surface area contributed by atoms with Crippen LogP contribution in [-0.4, -0.2) is 0 Å². The summed E-state index contributed by atoms with van der Waals surface area (Å²) in [7, 11) is 0. The van der Waals surface area contributed by atoms with Gasteiger partial charge in [0.1, 0.15) is 0 Å². The van der Waals surface area contributed by atoms with Crippen LogP contribution in [0.15, 0.2) is 320 Å². The van der Waals surface area contributed by atoms with E-state index in [-0.39, 0.29) is 0 Å². The molecule has 0 aliphatic heterocycles. The molecule has 12 rings (SSSR count). The van der Waals surface area contributed by atoms with Crippen molar-refractivity contribution in [3.63, 3.8) is 0 Å². The van der Waals surface area contributed by atoms with Gasteiger partial charge in [-0.1, -0.05) is 319 Å². The van der Waals surface area contributed by atoms with Gasteiger partial charge in [0.15, 0.2) is 0 Å². The van der Waals surface area contributed by atoms with Crippen molar-refractivity contribution in [2.45, 2.75) is 6.42 Å². The lowest BCUT2D eigenvalue weighted by atomic mass is 9.86. The lowest BCUT2D eigenvalue weighted by Gasteiger charge is -2.17. The van der Waals surface area contributed by atoms with Crippen LogP contribution in [0.5, 0.6) is 0 Å². The van der Waals surface area contributed by atoms with E-state index in [4.69, 9.17) is 5.73 Å². The molecule has 0 heterocycles. The van der Waals surface area contributed by atoms with Crippen LogP contribution in [0.2, 0.25) is 0 Å². The van der Waals surface area contributed by atoms with Crippen LogP contribution < -0.4 is 5.73 Å². The average molecular weight is 1030 g/mol. The summed E-state index contributed by atoms with van der Waals surface area (Å²) in [5.74, 6) is 0. The number of para-hydroxylation sites is 1. The third kappa shape index (κ3) is 11.9. The van der Waals surface area contributed by atoms with Gasteiger partial charge in [0.05, 0.1) is 0 Å². The number of nitrogen functional groups attached to an aromatic ring is 1. The van der Waals surface area contributed by atoms with Crippen LogP contribution in [0.25, 0.3) is 89.0 Å². The molecule has 0 radical (unpaired) electrons. The van der Waals surface area contributed by atoms with E-state index in [2.05, 4.69) is 289 Å². The first kappa shape index (κ1) is 49.5. The summed E-state index contributed by atoms with van der Waals surface area (Å²) in [4.78, 5) is 0. The fourth-order valence-corrected chi connectivity index (χ4v) is 10.3. The number of hydrogen-bond acceptors (Lipinski definition) is 1. The molecular weight excluding hydrogens is 971 g/mol. The Morgan fingerprint density at radius 3 is 0.760 bits per heavy atom. The third-order valence-electron chi connectivity index (χ3n) is 13.5. The van der Waals surface area contributed by atoms with E-state index < -0.39 is 0 Å². The highest BCUT2D eigenvalue weighted by Crippen LogP contribution is 2.40. The van der Waals surface area contributed by atoms with Crippen LogP contribution in [0, 0.1) is 0 Å². The summed E-state index contributed by atoms with van der Waals surface area (Å²) in [5.41, 5.74) is 29.3. The minimum Gasteiger partial charge on any atom is -0.398 e. The normalized spacial score (nSPS) is 10.6. The fraction of sp³-hybridized carbons (Fsp3) is 0.0137. The van der Waals surface area contributed by atoms with E-state index in [1.807, 2.05) is 42.5 Å². The molecular formula is C73H56BrN. The number of anilines is 1. The molecule has 0 spiro atoms. The first-order valence-corrected chi connectivity index (χ1v) is 26.2. The van der Waals surface area contributed by atoms with Gasteiger partial charge in [0.25, 0.3) is 0 Å². The summed E-state index contributed by atoms with van der Waals surface area (Å²) in [6.45, 7) is 0. The van der Waals surface area contributed by atoms with Crippen LogP contribution >= 0.6 is 15.9 Å².